The van der Waals surface area contributed by atoms with Crippen LogP contribution in [0.25, 0.3) is 0 Å². The summed E-state index contributed by atoms with van der Waals surface area (Å²) < 4.78 is 12.0. The van der Waals surface area contributed by atoms with E-state index >= 15 is 0 Å². The average molecular weight is 387 g/mol. The summed E-state index contributed by atoms with van der Waals surface area (Å²) in [4.78, 5) is 11.5. The molecule has 1 aliphatic rings. The van der Waals surface area contributed by atoms with Gasteiger partial charge in [0.2, 0.25) is 0 Å². The first kappa shape index (κ1) is 22.5. The number of benzene rings is 1. The van der Waals surface area contributed by atoms with Gasteiger partial charge in [-0.25, -0.2) is 0 Å². The van der Waals surface area contributed by atoms with Crippen molar-refractivity contribution in [2.75, 3.05) is 0 Å². The van der Waals surface area contributed by atoms with Crippen molar-refractivity contribution < 1.29 is 14.3 Å². The molecule has 0 N–H and O–H groups in total. The minimum absolute atomic E-state index is 0.168. The Kier molecular flexibility index (Phi) is 8.15. The van der Waals surface area contributed by atoms with Crippen molar-refractivity contribution >= 4 is 5.97 Å². The monoisotopic (exact) mass is 386 g/mol. The lowest BCUT2D eigenvalue weighted by molar-refractivity contribution is -0.132. The number of hydrogen-bond donors (Lipinski definition) is 0. The van der Waals surface area contributed by atoms with Gasteiger partial charge in [0.15, 0.2) is 0 Å². The average Bonchev–Trinajstić information content (AvgIpc) is 2.65. The molecule has 0 aliphatic carbocycles. The quantitative estimate of drug-likeness (QED) is 0.200. The molecule has 0 unspecified atom stereocenters. The van der Waals surface area contributed by atoms with Crippen molar-refractivity contribution in [1.82, 2.24) is 0 Å². The van der Waals surface area contributed by atoms with Gasteiger partial charge in [0.1, 0.15) is 17.1 Å². The van der Waals surface area contributed by atoms with Crippen molar-refractivity contribution in [1.29, 1.82) is 0 Å². The Morgan fingerprint density at radius 1 is 1.07 bits per heavy atom. The third kappa shape index (κ3) is 5.62. The molecule has 1 heterocycles. The van der Waals surface area contributed by atoms with E-state index in [0.29, 0.717) is 5.75 Å². The van der Waals surface area contributed by atoms with E-state index in [1.165, 1.54) is 51.0 Å². The molecule has 0 bridgehead atoms. The predicted octanol–water partition coefficient (Wildman–Crippen LogP) is 6.93. The van der Waals surface area contributed by atoms with Crippen molar-refractivity contribution in [3.05, 3.63) is 34.4 Å². The lowest BCUT2D eigenvalue weighted by Crippen LogP contribution is -2.36. The highest BCUT2D eigenvalue weighted by molar-refractivity contribution is 5.72. The first-order chi connectivity index (χ1) is 13.3. The van der Waals surface area contributed by atoms with Crippen LogP contribution in [-0.4, -0.2) is 11.6 Å². The maximum atomic E-state index is 11.5. The third-order valence-corrected chi connectivity index (χ3v) is 6.00. The Labute approximate surface area is 171 Å². The molecule has 0 radical (unpaired) electrons. The van der Waals surface area contributed by atoms with E-state index in [2.05, 4.69) is 32.9 Å². The van der Waals surface area contributed by atoms with Crippen LogP contribution in [-0.2, 0) is 11.2 Å². The van der Waals surface area contributed by atoms with E-state index in [9.17, 15) is 4.79 Å². The van der Waals surface area contributed by atoms with E-state index in [4.69, 9.17) is 9.47 Å². The summed E-state index contributed by atoms with van der Waals surface area (Å²) in [6, 6.07) is 0. The smallest absolute Gasteiger partial charge is 0.308 e. The number of rotatable bonds is 9. The van der Waals surface area contributed by atoms with E-state index < -0.39 is 0 Å². The molecule has 0 aromatic heterocycles. The number of carbonyl (C=O) groups excluding carboxylic acids is 1. The number of carbonyl (C=O) groups is 1. The number of esters is 1. The number of hydrogen-bond acceptors (Lipinski definition) is 3. The summed E-state index contributed by atoms with van der Waals surface area (Å²) in [6.45, 7) is 12.0. The van der Waals surface area contributed by atoms with E-state index in [1.54, 1.807) is 0 Å². The van der Waals surface area contributed by atoms with Crippen molar-refractivity contribution in [2.45, 2.75) is 105 Å². The van der Waals surface area contributed by atoms with E-state index in [0.717, 1.165) is 41.7 Å². The van der Waals surface area contributed by atoms with Crippen LogP contribution in [0.3, 0.4) is 0 Å². The predicted molar refractivity (Wildman–Crippen MR) is 116 cm³/mol. The van der Waals surface area contributed by atoms with Crippen molar-refractivity contribution in [3.8, 4) is 11.5 Å². The zero-order chi connectivity index (χ0) is 20.7. The molecule has 0 fully saturated rings. The van der Waals surface area contributed by atoms with Gasteiger partial charge < -0.3 is 9.47 Å². The normalized spacial score (nSPS) is 18.8. The minimum atomic E-state index is -0.271. The van der Waals surface area contributed by atoms with Gasteiger partial charge in [0.25, 0.3) is 0 Å². The zero-order valence-corrected chi connectivity index (χ0v) is 18.7. The fraction of sp³-hybridized carbons (Fsp3) is 0.640. The highest BCUT2D eigenvalue weighted by Crippen LogP contribution is 2.44. The van der Waals surface area contributed by atoms with Crippen molar-refractivity contribution in [3.63, 3.8) is 0 Å². The third-order valence-electron chi connectivity index (χ3n) is 6.00. The van der Waals surface area contributed by atoms with Gasteiger partial charge in [-0.15, -0.1) is 0 Å². The van der Waals surface area contributed by atoms with Gasteiger partial charge in [-0.3, -0.25) is 4.79 Å². The Morgan fingerprint density at radius 3 is 2.46 bits per heavy atom. The molecule has 3 heteroatoms. The van der Waals surface area contributed by atoms with Gasteiger partial charge >= 0.3 is 5.97 Å². The number of fused-ring (bicyclic) bond motifs is 1. The van der Waals surface area contributed by atoms with Crippen LogP contribution in [0.5, 0.6) is 11.5 Å². The van der Waals surface area contributed by atoms with Gasteiger partial charge in [0.05, 0.1) is 0 Å². The fourth-order valence-corrected chi connectivity index (χ4v) is 4.04. The minimum Gasteiger partial charge on any atom is -0.487 e. The Balaban J connectivity index is 2.04. The Bertz CT molecular complexity index is 717. The van der Waals surface area contributed by atoms with Gasteiger partial charge in [-0.1, -0.05) is 44.8 Å². The lowest BCUT2D eigenvalue weighted by Gasteiger charge is -2.37. The van der Waals surface area contributed by atoms with Crippen LogP contribution in [0.15, 0.2) is 12.2 Å². The molecular weight excluding hydrogens is 348 g/mol. The summed E-state index contributed by atoms with van der Waals surface area (Å²) in [5, 5.41) is 0. The molecule has 1 atom stereocenters. The molecule has 0 saturated heterocycles. The molecule has 1 aliphatic heterocycles. The van der Waals surface area contributed by atoms with Crippen LogP contribution in [0, 0.1) is 20.8 Å². The Hall–Kier alpha value is -1.77. The summed E-state index contributed by atoms with van der Waals surface area (Å²) in [7, 11) is 0. The van der Waals surface area contributed by atoms with Gasteiger partial charge in [0, 0.05) is 18.9 Å². The number of allylic oxidation sites excluding steroid dienone is 1. The summed E-state index contributed by atoms with van der Waals surface area (Å²) >= 11 is 0. The first-order valence-electron chi connectivity index (χ1n) is 10.9. The standard InChI is InChI=1S/C25H38O3/c1-7-8-9-10-11-12-13-14-16-25(6)17-15-22-20(4)23(27-21(5)26)18(2)19(3)24(22)28-25/h13-14H,7-12,15-17H2,1-6H3/b14-13+/t25-/m1/s1. The molecule has 0 saturated carbocycles. The van der Waals surface area contributed by atoms with Crippen LogP contribution >= 0.6 is 0 Å². The zero-order valence-electron chi connectivity index (χ0n) is 18.7. The number of unbranched alkanes of at least 4 members (excludes halogenated alkanes) is 5. The molecule has 2 rings (SSSR count). The second kappa shape index (κ2) is 10.1. The van der Waals surface area contributed by atoms with E-state index in [-0.39, 0.29) is 11.6 Å². The van der Waals surface area contributed by atoms with Gasteiger partial charge in [-0.2, -0.15) is 0 Å². The molecule has 156 valence electrons. The molecule has 28 heavy (non-hydrogen) atoms. The summed E-state index contributed by atoms with van der Waals surface area (Å²) in [5.74, 6) is 1.43. The SMILES string of the molecule is CCCCCCC/C=C/C[C@]1(C)CCc2c(C)c(OC(C)=O)c(C)c(C)c2O1. The summed E-state index contributed by atoms with van der Waals surface area (Å²) in [6.07, 6.45) is 15.3. The van der Waals surface area contributed by atoms with Crippen LogP contribution in [0.4, 0.5) is 0 Å². The molecule has 1 aromatic carbocycles. The van der Waals surface area contributed by atoms with Crippen LogP contribution < -0.4 is 9.47 Å². The highest BCUT2D eigenvalue weighted by Gasteiger charge is 2.34. The molecule has 1 aromatic rings. The molecule has 0 spiro atoms. The van der Waals surface area contributed by atoms with Gasteiger partial charge in [-0.05, 0) is 70.1 Å². The Morgan fingerprint density at radius 2 is 1.79 bits per heavy atom. The van der Waals surface area contributed by atoms with Crippen LogP contribution in [0.1, 0.15) is 94.4 Å². The second-order valence-electron chi connectivity index (χ2n) is 8.54. The van der Waals surface area contributed by atoms with Crippen molar-refractivity contribution in [2.24, 2.45) is 0 Å². The summed E-state index contributed by atoms with van der Waals surface area (Å²) in [5.41, 5.74) is 4.15. The largest absolute Gasteiger partial charge is 0.487 e. The maximum Gasteiger partial charge on any atom is 0.308 e. The molecule has 0 amide bonds. The second-order valence-corrected chi connectivity index (χ2v) is 8.54. The fourth-order valence-electron chi connectivity index (χ4n) is 4.04. The van der Waals surface area contributed by atoms with Crippen LogP contribution in [0.2, 0.25) is 0 Å². The number of ether oxygens (including phenoxy) is 2. The first-order valence-corrected chi connectivity index (χ1v) is 10.9. The van der Waals surface area contributed by atoms with E-state index in [1.807, 2.05) is 13.8 Å². The lowest BCUT2D eigenvalue weighted by atomic mass is 9.85. The highest BCUT2D eigenvalue weighted by atomic mass is 16.5. The topological polar surface area (TPSA) is 35.5 Å². The maximum absolute atomic E-state index is 11.5. The molecule has 3 nitrogen and oxygen atoms in total. The molecular formula is C25H38O3.